The van der Waals surface area contributed by atoms with Crippen LogP contribution in [0.15, 0.2) is 0 Å². The number of nitrogens with zero attached hydrogens (tertiary/aromatic N) is 1. The molecule has 0 aliphatic carbocycles. The molecule has 2 saturated heterocycles. The molecule has 0 aromatic carbocycles. The Morgan fingerprint density at radius 2 is 2.18 bits per heavy atom. The largest absolute Gasteiger partial charge is 0.372 e. The Balaban J connectivity index is 1.68. The average Bonchev–Trinajstić information content (AvgIpc) is 3.07. The number of hydrogen-bond donors (Lipinski definition) is 2. The van der Waals surface area contributed by atoms with E-state index in [0.29, 0.717) is 19.1 Å². The molecule has 2 N–H and O–H groups in total. The summed E-state index contributed by atoms with van der Waals surface area (Å²) < 4.78 is 5.33. The van der Waals surface area contributed by atoms with Crippen molar-refractivity contribution in [2.75, 3.05) is 39.4 Å². The fourth-order valence-electron chi connectivity index (χ4n) is 3.13. The zero-order valence-corrected chi connectivity index (χ0v) is 13.6. The van der Waals surface area contributed by atoms with Crippen LogP contribution in [0.2, 0.25) is 0 Å². The Morgan fingerprint density at radius 1 is 1.32 bits per heavy atom. The van der Waals surface area contributed by atoms with Crippen LogP contribution in [0, 0.1) is 5.92 Å². The van der Waals surface area contributed by atoms with Crippen molar-refractivity contribution in [1.29, 1.82) is 0 Å². The van der Waals surface area contributed by atoms with E-state index in [-0.39, 0.29) is 24.5 Å². The number of amides is 2. The molecule has 2 rings (SSSR count). The lowest BCUT2D eigenvalue weighted by molar-refractivity contribution is -0.137. The molecule has 0 bridgehead atoms. The van der Waals surface area contributed by atoms with E-state index in [2.05, 4.69) is 10.6 Å². The van der Waals surface area contributed by atoms with Crippen LogP contribution in [0.3, 0.4) is 0 Å². The van der Waals surface area contributed by atoms with Crippen LogP contribution in [0.4, 0.5) is 0 Å². The van der Waals surface area contributed by atoms with Gasteiger partial charge in [-0.3, -0.25) is 9.59 Å². The number of likely N-dealkylation sites (tertiary alicyclic amines) is 1. The molecule has 2 unspecified atom stereocenters. The second-order valence-corrected chi connectivity index (χ2v) is 6.29. The van der Waals surface area contributed by atoms with Crippen LogP contribution in [-0.4, -0.2) is 62.1 Å². The number of nitrogens with one attached hydrogen (secondary N) is 2. The Morgan fingerprint density at radius 3 is 2.91 bits per heavy atom. The predicted octanol–water partition coefficient (Wildman–Crippen LogP) is 0.520. The van der Waals surface area contributed by atoms with E-state index in [1.807, 2.05) is 11.8 Å². The van der Waals surface area contributed by atoms with Crippen molar-refractivity contribution in [2.45, 2.75) is 45.1 Å². The van der Waals surface area contributed by atoms with Crippen molar-refractivity contribution in [3.05, 3.63) is 0 Å². The molecule has 2 amide bonds. The Hall–Kier alpha value is -1.14. The molecule has 126 valence electrons. The topological polar surface area (TPSA) is 70.7 Å². The fourth-order valence-corrected chi connectivity index (χ4v) is 3.13. The quantitative estimate of drug-likeness (QED) is 0.673. The molecule has 2 fully saturated rings. The molecule has 2 heterocycles. The second-order valence-electron chi connectivity index (χ2n) is 6.29. The predicted molar refractivity (Wildman–Crippen MR) is 84.4 cm³/mol. The fraction of sp³-hybridized carbons (Fsp3) is 0.875. The Kier molecular flexibility index (Phi) is 7.12. The molecule has 2 aliphatic rings. The first-order valence-electron chi connectivity index (χ1n) is 8.57. The SMILES string of the molecule is CCCOCC(=O)N1CCCC(CNC(=O)C2CCCN2)C1. The Bertz CT molecular complexity index is 370. The zero-order valence-electron chi connectivity index (χ0n) is 13.6. The van der Waals surface area contributed by atoms with Gasteiger partial charge in [-0.2, -0.15) is 0 Å². The van der Waals surface area contributed by atoms with Gasteiger partial charge in [-0.1, -0.05) is 6.92 Å². The summed E-state index contributed by atoms with van der Waals surface area (Å²) in [7, 11) is 0. The third-order valence-electron chi connectivity index (χ3n) is 4.39. The van der Waals surface area contributed by atoms with Gasteiger partial charge in [-0.05, 0) is 44.6 Å². The highest BCUT2D eigenvalue weighted by molar-refractivity contribution is 5.82. The van der Waals surface area contributed by atoms with Crippen LogP contribution in [0.1, 0.15) is 39.0 Å². The van der Waals surface area contributed by atoms with Crippen LogP contribution in [0.5, 0.6) is 0 Å². The molecular weight excluding hydrogens is 282 g/mol. The molecule has 0 saturated carbocycles. The van der Waals surface area contributed by atoms with E-state index in [9.17, 15) is 9.59 Å². The highest BCUT2D eigenvalue weighted by Gasteiger charge is 2.26. The summed E-state index contributed by atoms with van der Waals surface area (Å²) >= 11 is 0. The molecule has 2 aliphatic heterocycles. The van der Waals surface area contributed by atoms with Gasteiger partial charge in [0, 0.05) is 26.2 Å². The van der Waals surface area contributed by atoms with Gasteiger partial charge in [-0.15, -0.1) is 0 Å². The maximum Gasteiger partial charge on any atom is 0.248 e. The van der Waals surface area contributed by atoms with Crippen molar-refractivity contribution < 1.29 is 14.3 Å². The summed E-state index contributed by atoms with van der Waals surface area (Å²) in [4.78, 5) is 26.0. The smallest absolute Gasteiger partial charge is 0.248 e. The summed E-state index contributed by atoms with van der Waals surface area (Å²) in [5.74, 6) is 0.531. The van der Waals surface area contributed by atoms with Crippen molar-refractivity contribution in [3.63, 3.8) is 0 Å². The minimum Gasteiger partial charge on any atom is -0.372 e. The molecule has 6 heteroatoms. The average molecular weight is 311 g/mol. The number of piperidine rings is 1. The van der Waals surface area contributed by atoms with Crippen molar-refractivity contribution in [2.24, 2.45) is 5.92 Å². The number of ether oxygens (including phenoxy) is 1. The lowest BCUT2D eigenvalue weighted by Gasteiger charge is -2.33. The van der Waals surface area contributed by atoms with E-state index in [1.165, 1.54) is 0 Å². The first-order valence-corrected chi connectivity index (χ1v) is 8.57. The molecule has 6 nitrogen and oxygen atoms in total. The monoisotopic (exact) mass is 311 g/mol. The highest BCUT2D eigenvalue weighted by Crippen LogP contribution is 2.16. The van der Waals surface area contributed by atoms with Gasteiger partial charge in [-0.25, -0.2) is 0 Å². The molecular formula is C16H29N3O3. The van der Waals surface area contributed by atoms with Crippen LogP contribution in [-0.2, 0) is 14.3 Å². The maximum absolute atomic E-state index is 12.1. The first-order chi connectivity index (χ1) is 10.7. The number of rotatable bonds is 7. The van der Waals surface area contributed by atoms with E-state index in [4.69, 9.17) is 4.74 Å². The minimum absolute atomic E-state index is 0.0243. The van der Waals surface area contributed by atoms with Crippen molar-refractivity contribution in [1.82, 2.24) is 15.5 Å². The van der Waals surface area contributed by atoms with Gasteiger partial charge in [0.25, 0.3) is 0 Å². The molecule has 2 atom stereocenters. The van der Waals surface area contributed by atoms with Gasteiger partial charge in [0.15, 0.2) is 0 Å². The maximum atomic E-state index is 12.1. The Labute approximate surface area is 132 Å². The van der Waals surface area contributed by atoms with Gasteiger partial charge >= 0.3 is 0 Å². The lowest BCUT2D eigenvalue weighted by Crippen LogP contribution is -2.47. The minimum atomic E-state index is -0.0243. The summed E-state index contributed by atoms with van der Waals surface area (Å²) in [6.07, 6.45) is 4.99. The highest BCUT2D eigenvalue weighted by atomic mass is 16.5. The van der Waals surface area contributed by atoms with Crippen LogP contribution >= 0.6 is 0 Å². The third kappa shape index (κ3) is 5.25. The molecule has 0 aromatic rings. The summed E-state index contributed by atoms with van der Waals surface area (Å²) in [5.41, 5.74) is 0. The standard InChI is InChI=1S/C16H29N3O3/c1-2-9-22-12-15(20)19-8-4-5-13(11-19)10-18-16(21)14-6-3-7-17-14/h13-14,17H,2-12H2,1H3,(H,18,21). The van der Waals surface area contributed by atoms with Gasteiger partial charge in [0.05, 0.1) is 6.04 Å². The van der Waals surface area contributed by atoms with Gasteiger partial charge in [0.2, 0.25) is 11.8 Å². The molecule has 0 spiro atoms. The van der Waals surface area contributed by atoms with Crippen molar-refractivity contribution >= 4 is 11.8 Å². The number of carbonyl (C=O) groups is 2. The number of carbonyl (C=O) groups excluding carboxylic acids is 2. The number of hydrogen-bond acceptors (Lipinski definition) is 4. The first kappa shape index (κ1) is 17.2. The van der Waals surface area contributed by atoms with E-state index in [1.54, 1.807) is 0 Å². The van der Waals surface area contributed by atoms with E-state index < -0.39 is 0 Å². The zero-order chi connectivity index (χ0) is 15.8. The summed E-state index contributed by atoms with van der Waals surface area (Å²) in [6, 6.07) is -0.0243. The van der Waals surface area contributed by atoms with Crippen LogP contribution in [0.25, 0.3) is 0 Å². The molecule has 0 aromatic heterocycles. The molecule has 0 radical (unpaired) electrons. The van der Waals surface area contributed by atoms with E-state index >= 15 is 0 Å². The summed E-state index contributed by atoms with van der Waals surface area (Å²) in [5, 5.41) is 6.24. The van der Waals surface area contributed by atoms with Crippen LogP contribution < -0.4 is 10.6 Å². The lowest BCUT2D eigenvalue weighted by atomic mass is 9.97. The van der Waals surface area contributed by atoms with Gasteiger partial charge < -0.3 is 20.3 Å². The second kappa shape index (κ2) is 9.10. The normalized spacial score (nSPS) is 25.2. The summed E-state index contributed by atoms with van der Waals surface area (Å²) in [6.45, 7) is 5.98. The molecule has 22 heavy (non-hydrogen) atoms. The third-order valence-corrected chi connectivity index (χ3v) is 4.39. The van der Waals surface area contributed by atoms with E-state index in [0.717, 1.165) is 51.7 Å². The van der Waals surface area contributed by atoms with Crippen molar-refractivity contribution in [3.8, 4) is 0 Å². The van der Waals surface area contributed by atoms with Gasteiger partial charge in [0.1, 0.15) is 6.61 Å².